The highest BCUT2D eigenvalue weighted by Crippen LogP contribution is 2.06. The summed E-state index contributed by atoms with van der Waals surface area (Å²) < 4.78 is 12.9. The Bertz CT molecular complexity index is 833. The zero-order valence-electron chi connectivity index (χ0n) is 12.2. The summed E-state index contributed by atoms with van der Waals surface area (Å²) in [7, 11) is 0. The number of hydrogen-bond donors (Lipinski definition) is 2. The summed E-state index contributed by atoms with van der Waals surface area (Å²) in [5.74, 6) is -0.0228. The van der Waals surface area contributed by atoms with Crippen molar-refractivity contribution in [2.24, 2.45) is 0 Å². The van der Waals surface area contributed by atoms with E-state index in [0.717, 1.165) is 11.1 Å². The first-order valence-corrected chi connectivity index (χ1v) is 7.04. The number of nitrogens with zero attached hydrogens (tertiary/aromatic N) is 3. The Hall–Kier alpha value is -3.09. The van der Waals surface area contributed by atoms with E-state index in [1.54, 1.807) is 24.5 Å². The number of benzene rings is 1. The quantitative estimate of drug-likeness (QED) is 0.752. The summed E-state index contributed by atoms with van der Waals surface area (Å²) in [5.41, 5.74) is 1.72. The average molecular weight is 311 g/mol. The van der Waals surface area contributed by atoms with Crippen LogP contribution in [0.4, 0.5) is 10.3 Å². The van der Waals surface area contributed by atoms with E-state index >= 15 is 0 Å². The number of halogens is 1. The maximum atomic E-state index is 12.9. The number of hydrogen-bond acceptors (Lipinski definition) is 5. The van der Waals surface area contributed by atoms with E-state index < -0.39 is 0 Å². The van der Waals surface area contributed by atoms with E-state index in [4.69, 9.17) is 0 Å². The fraction of sp³-hybridized carbons (Fsp3) is 0.125. The van der Waals surface area contributed by atoms with Gasteiger partial charge in [0.15, 0.2) is 0 Å². The highest BCUT2D eigenvalue weighted by molar-refractivity contribution is 5.26. The second-order valence-electron chi connectivity index (χ2n) is 4.97. The molecular weight excluding hydrogens is 297 g/mol. The SMILES string of the molecule is O=c1[nH]c(NCc2cccnc2)nnc1Cc1ccc(F)cc1. The molecule has 0 atom stereocenters. The summed E-state index contributed by atoms with van der Waals surface area (Å²) in [6.45, 7) is 0.482. The number of H-pyrrole nitrogens is 1. The summed E-state index contributed by atoms with van der Waals surface area (Å²) in [5, 5.41) is 10.9. The van der Waals surface area contributed by atoms with Crippen molar-refractivity contribution in [1.29, 1.82) is 0 Å². The Kier molecular flexibility index (Phi) is 4.37. The molecule has 0 unspecified atom stereocenters. The van der Waals surface area contributed by atoms with Crippen LogP contribution in [0.1, 0.15) is 16.8 Å². The molecule has 2 heterocycles. The van der Waals surface area contributed by atoms with E-state index in [9.17, 15) is 9.18 Å². The van der Waals surface area contributed by atoms with Crippen LogP contribution in [-0.2, 0) is 13.0 Å². The Morgan fingerprint density at radius 1 is 1.09 bits per heavy atom. The standard InChI is InChI=1S/C16H14FN5O/c17-13-5-3-11(4-6-13)8-14-15(23)20-16(22-21-14)19-10-12-2-1-7-18-9-12/h1-7,9H,8,10H2,(H2,19,20,22,23). The monoisotopic (exact) mass is 311 g/mol. The van der Waals surface area contributed by atoms with Crippen LogP contribution in [0.5, 0.6) is 0 Å². The minimum absolute atomic E-state index is 0.281. The third kappa shape index (κ3) is 3.97. The van der Waals surface area contributed by atoms with E-state index in [1.165, 1.54) is 12.1 Å². The molecule has 0 amide bonds. The van der Waals surface area contributed by atoms with Crippen LogP contribution in [0, 0.1) is 5.82 Å². The predicted octanol–water partition coefficient (Wildman–Crippen LogP) is 1.90. The van der Waals surface area contributed by atoms with Gasteiger partial charge in [0.25, 0.3) is 5.56 Å². The van der Waals surface area contributed by atoms with Crippen LogP contribution in [0.2, 0.25) is 0 Å². The molecule has 7 heteroatoms. The minimum atomic E-state index is -0.321. The number of anilines is 1. The van der Waals surface area contributed by atoms with Gasteiger partial charge >= 0.3 is 0 Å². The smallest absolute Gasteiger partial charge is 0.274 e. The molecule has 0 aliphatic carbocycles. The molecule has 2 aromatic heterocycles. The number of pyridine rings is 1. The van der Waals surface area contributed by atoms with Gasteiger partial charge in [0.05, 0.1) is 0 Å². The van der Waals surface area contributed by atoms with Crippen LogP contribution >= 0.6 is 0 Å². The van der Waals surface area contributed by atoms with Gasteiger partial charge in [-0.15, -0.1) is 10.2 Å². The van der Waals surface area contributed by atoms with Crippen LogP contribution in [0.15, 0.2) is 53.6 Å². The number of rotatable bonds is 5. The van der Waals surface area contributed by atoms with E-state index in [0.29, 0.717) is 18.9 Å². The van der Waals surface area contributed by atoms with Gasteiger partial charge in [0.1, 0.15) is 11.5 Å². The largest absolute Gasteiger partial charge is 0.350 e. The minimum Gasteiger partial charge on any atom is -0.350 e. The van der Waals surface area contributed by atoms with Gasteiger partial charge in [-0.3, -0.25) is 14.8 Å². The first-order valence-electron chi connectivity index (χ1n) is 7.04. The average Bonchev–Trinajstić information content (AvgIpc) is 2.58. The number of aromatic amines is 1. The number of nitrogens with one attached hydrogen (secondary N) is 2. The number of aromatic nitrogens is 4. The normalized spacial score (nSPS) is 10.5. The highest BCUT2D eigenvalue weighted by atomic mass is 19.1. The first-order chi connectivity index (χ1) is 11.2. The predicted molar refractivity (Wildman–Crippen MR) is 83.4 cm³/mol. The van der Waals surface area contributed by atoms with Crippen molar-refractivity contribution in [3.8, 4) is 0 Å². The van der Waals surface area contributed by atoms with E-state index in [-0.39, 0.29) is 17.1 Å². The molecule has 0 aliphatic rings. The Morgan fingerprint density at radius 3 is 2.61 bits per heavy atom. The molecule has 3 aromatic rings. The maximum Gasteiger partial charge on any atom is 0.274 e. The Labute approximate surface area is 131 Å². The summed E-state index contributed by atoms with van der Waals surface area (Å²) in [6.07, 6.45) is 3.71. The maximum absolute atomic E-state index is 12.9. The lowest BCUT2D eigenvalue weighted by atomic mass is 10.1. The van der Waals surface area contributed by atoms with Crippen molar-refractivity contribution in [3.63, 3.8) is 0 Å². The molecule has 6 nitrogen and oxygen atoms in total. The molecule has 0 bridgehead atoms. The second-order valence-corrected chi connectivity index (χ2v) is 4.97. The van der Waals surface area contributed by atoms with Crippen molar-refractivity contribution in [3.05, 3.63) is 81.8 Å². The highest BCUT2D eigenvalue weighted by Gasteiger charge is 2.06. The van der Waals surface area contributed by atoms with Crippen LogP contribution in [-0.4, -0.2) is 20.2 Å². The molecule has 2 N–H and O–H groups in total. The third-order valence-electron chi connectivity index (χ3n) is 3.23. The zero-order chi connectivity index (χ0) is 16.1. The van der Waals surface area contributed by atoms with Crippen molar-refractivity contribution in [2.45, 2.75) is 13.0 Å². The van der Waals surface area contributed by atoms with Gasteiger partial charge in [0, 0.05) is 25.4 Å². The fourth-order valence-electron chi connectivity index (χ4n) is 2.04. The molecule has 23 heavy (non-hydrogen) atoms. The zero-order valence-corrected chi connectivity index (χ0v) is 12.2. The first kappa shape index (κ1) is 14.8. The lowest BCUT2D eigenvalue weighted by Gasteiger charge is -2.05. The molecule has 0 saturated carbocycles. The van der Waals surface area contributed by atoms with Gasteiger partial charge < -0.3 is 5.32 Å². The summed E-state index contributed by atoms with van der Waals surface area (Å²) >= 11 is 0. The van der Waals surface area contributed by atoms with Crippen LogP contribution in [0.25, 0.3) is 0 Å². The van der Waals surface area contributed by atoms with Crippen molar-refractivity contribution in [2.75, 3.05) is 5.32 Å². The molecule has 0 saturated heterocycles. The van der Waals surface area contributed by atoms with E-state index in [2.05, 4.69) is 25.5 Å². The van der Waals surface area contributed by atoms with Crippen molar-refractivity contribution >= 4 is 5.95 Å². The summed E-state index contributed by atoms with van der Waals surface area (Å²) in [4.78, 5) is 18.7. The van der Waals surface area contributed by atoms with Gasteiger partial charge in [-0.05, 0) is 29.3 Å². The Morgan fingerprint density at radius 2 is 1.91 bits per heavy atom. The second kappa shape index (κ2) is 6.78. The molecule has 1 aromatic carbocycles. The van der Waals surface area contributed by atoms with Gasteiger partial charge in [-0.2, -0.15) is 0 Å². The van der Waals surface area contributed by atoms with Gasteiger partial charge in [0.2, 0.25) is 5.95 Å². The van der Waals surface area contributed by atoms with Gasteiger partial charge in [-0.1, -0.05) is 18.2 Å². The van der Waals surface area contributed by atoms with E-state index in [1.807, 2.05) is 12.1 Å². The topological polar surface area (TPSA) is 83.6 Å². The van der Waals surface area contributed by atoms with Crippen molar-refractivity contribution in [1.82, 2.24) is 20.2 Å². The third-order valence-corrected chi connectivity index (χ3v) is 3.23. The molecular formula is C16H14FN5O. The Balaban J connectivity index is 1.68. The molecule has 0 spiro atoms. The molecule has 0 aliphatic heterocycles. The van der Waals surface area contributed by atoms with Crippen LogP contribution in [0.3, 0.4) is 0 Å². The molecule has 0 radical (unpaired) electrons. The summed E-state index contributed by atoms with van der Waals surface area (Å²) in [6, 6.07) is 9.67. The lowest BCUT2D eigenvalue weighted by molar-refractivity contribution is 0.627. The fourth-order valence-corrected chi connectivity index (χ4v) is 2.04. The molecule has 3 rings (SSSR count). The lowest BCUT2D eigenvalue weighted by Crippen LogP contribution is -2.19. The molecule has 0 fully saturated rings. The van der Waals surface area contributed by atoms with Crippen molar-refractivity contribution < 1.29 is 4.39 Å². The molecule has 116 valence electrons. The van der Waals surface area contributed by atoms with Gasteiger partial charge in [-0.25, -0.2) is 4.39 Å². The van der Waals surface area contributed by atoms with Crippen LogP contribution < -0.4 is 10.9 Å².